The zero-order valence-electron chi connectivity index (χ0n) is 7.44. The van der Waals surface area contributed by atoms with Crippen LogP contribution in [0, 0.1) is 5.82 Å². The summed E-state index contributed by atoms with van der Waals surface area (Å²) in [5.41, 5.74) is 6.02. The van der Waals surface area contributed by atoms with Crippen molar-refractivity contribution in [1.82, 2.24) is 4.98 Å². The average molecular weight is 184 g/mol. The van der Waals surface area contributed by atoms with Gasteiger partial charge in [0.15, 0.2) is 0 Å². The molecule has 0 spiro atoms. The molecule has 0 bridgehead atoms. The zero-order valence-corrected chi connectivity index (χ0v) is 7.44. The van der Waals surface area contributed by atoms with E-state index in [4.69, 9.17) is 5.73 Å². The van der Waals surface area contributed by atoms with Gasteiger partial charge in [0.25, 0.3) is 0 Å². The molecule has 0 saturated carbocycles. The van der Waals surface area contributed by atoms with Crippen molar-refractivity contribution >= 4 is 0 Å². The Balaban J connectivity index is 2.77. The van der Waals surface area contributed by atoms with E-state index in [1.165, 1.54) is 12.1 Å². The van der Waals surface area contributed by atoms with Gasteiger partial charge in [0, 0.05) is 6.04 Å². The summed E-state index contributed by atoms with van der Waals surface area (Å²) in [6, 6.07) is 2.35. The molecule has 0 aliphatic carbocycles. The summed E-state index contributed by atoms with van der Waals surface area (Å²) in [6.45, 7) is 1.87. The maximum absolute atomic E-state index is 12.5. The van der Waals surface area contributed by atoms with Gasteiger partial charge in [-0.1, -0.05) is 6.92 Å². The third kappa shape index (κ3) is 2.47. The minimum absolute atomic E-state index is 0.349. The molecule has 13 heavy (non-hydrogen) atoms. The Hall–Kier alpha value is -1.00. The molecule has 0 radical (unpaired) electrons. The summed E-state index contributed by atoms with van der Waals surface area (Å²) < 4.78 is 12.5. The Labute approximate surface area is 76.4 Å². The van der Waals surface area contributed by atoms with Crippen LogP contribution in [-0.2, 0) is 0 Å². The zero-order chi connectivity index (χ0) is 9.84. The van der Waals surface area contributed by atoms with Gasteiger partial charge in [-0.2, -0.15) is 0 Å². The summed E-state index contributed by atoms with van der Waals surface area (Å²) in [5, 5.41) is 9.57. The molecule has 1 aromatic heterocycles. The van der Waals surface area contributed by atoms with Crippen LogP contribution in [0.2, 0.25) is 0 Å². The molecule has 0 unspecified atom stereocenters. The molecule has 1 heterocycles. The van der Waals surface area contributed by atoms with Crippen molar-refractivity contribution in [3.63, 3.8) is 0 Å². The molecule has 0 aromatic carbocycles. The third-order valence-corrected chi connectivity index (χ3v) is 1.93. The standard InChI is InChI=1S/C9H13FN2O/c1-2-7(11)9(13)8-4-3-6(10)5-12-8/h3-5,7,9,13H,2,11H2,1H3/t7-,9-/m0/s1. The molecule has 1 rings (SSSR count). The molecule has 2 atom stereocenters. The number of aliphatic hydroxyl groups is 1. The number of nitrogens with zero attached hydrogens (tertiary/aromatic N) is 1. The Bertz CT molecular complexity index is 263. The normalized spacial score (nSPS) is 15.4. The lowest BCUT2D eigenvalue weighted by molar-refractivity contribution is 0.140. The second kappa shape index (κ2) is 4.30. The summed E-state index contributed by atoms with van der Waals surface area (Å²) in [7, 11) is 0. The SMILES string of the molecule is CC[C@H](N)[C@H](O)c1ccc(F)cn1. The highest BCUT2D eigenvalue weighted by atomic mass is 19.1. The number of hydrogen-bond acceptors (Lipinski definition) is 3. The lowest BCUT2D eigenvalue weighted by atomic mass is 10.1. The largest absolute Gasteiger partial charge is 0.385 e. The van der Waals surface area contributed by atoms with Crippen LogP contribution in [0.25, 0.3) is 0 Å². The van der Waals surface area contributed by atoms with Crippen LogP contribution in [0.1, 0.15) is 25.1 Å². The average Bonchev–Trinajstić information content (AvgIpc) is 2.17. The van der Waals surface area contributed by atoms with Crippen molar-refractivity contribution in [3.8, 4) is 0 Å². The van der Waals surface area contributed by atoms with Crippen molar-refractivity contribution in [2.45, 2.75) is 25.5 Å². The molecular formula is C9H13FN2O. The van der Waals surface area contributed by atoms with E-state index in [0.29, 0.717) is 12.1 Å². The molecular weight excluding hydrogens is 171 g/mol. The summed E-state index contributed by atoms with van der Waals surface area (Å²) in [6.07, 6.45) is 0.909. The van der Waals surface area contributed by atoms with E-state index in [-0.39, 0.29) is 6.04 Å². The van der Waals surface area contributed by atoms with E-state index in [1.807, 2.05) is 6.92 Å². The van der Waals surface area contributed by atoms with E-state index >= 15 is 0 Å². The molecule has 0 aliphatic heterocycles. The number of rotatable bonds is 3. The molecule has 1 aromatic rings. The van der Waals surface area contributed by atoms with E-state index in [1.54, 1.807) is 0 Å². The van der Waals surface area contributed by atoms with Gasteiger partial charge in [0.1, 0.15) is 11.9 Å². The van der Waals surface area contributed by atoms with Crippen molar-refractivity contribution in [3.05, 3.63) is 29.8 Å². The van der Waals surface area contributed by atoms with Crippen LogP contribution in [0.5, 0.6) is 0 Å². The van der Waals surface area contributed by atoms with Crippen molar-refractivity contribution in [2.75, 3.05) is 0 Å². The molecule has 0 aliphatic rings. The number of aromatic nitrogens is 1. The second-order valence-electron chi connectivity index (χ2n) is 2.92. The van der Waals surface area contributed by atoms with Gasteiger partial charge >= 0.3 is 0 Å². The summed E-state index contributed by atoms with van der Waals surface area (Å²) >= 11 is 0. The van der Waals surface area contributed by atoms with E-state index in [9.17, 15) is 9.50 Å². The third-order valence-electron chi connectivity index (χ3n) is 1.93. The molecule has 3 N–H and O–H groups in total. The smallest absolute Gasteiger partial charge is 0.141 e. The first-order valence-electron chi connectivity index (χ1n) is 4.20. The van der Waals surface area contributed by atoms with Gasteiger partial charge in [-0.25, -0.2) is 4.39 Å². The van der Waals surface area contributed by atoms with Gasteiger partial charge in [0.05, 0.1) is 11.9 Å². The van der Waals surface area contributed by atoms with Crippen LogP contribution in [-0.4, -0.2) is 16.1 Å². The Morgan fingerprint density at radius 1 is 1.62 bits per heavy atom. The van der Waals surface area contributed by atoms with E-state index < -0.39 is 11.9 Å². The lowest BCUT2D eigenvalue weighted by Crippen LogP contribution is -2.27. The first-order chi connectivity index (χ1) is 6.15. The topological polar surface area (TPSA) is 59.1 Å². The fourth-order valence-electron chi connectivity index (χ4n) is 1.00. The number of hydrogen-bond donors (Lipinski definition) is 2. The van der Waals surface area contributed by atoms with Gasteiger partial charge in [-0.05, 0) is 18.6 Å². The quantitative estimate of drug-likeness (QED) is 0.736. The summed E-state index contributed by atoms with van der Waals surface area (Å²) in [5.74, 6) is -0.416. The lowest BCUT2D eigenvalue weighted by Gasteiger charge is -2.15. The molecule has 4 heteroatoms. The molecule has 0 fully saturated rings. The Kier molecular flexibility index (Phi) is 3.33. The minimum Gasteiger partial charge on any atom is -0.385 e. The highest BCUT2D eigenvalue weighted by Gasteiger charge is 2.15. The monoisotopic (exact) mass is 184 g/mol. The molecule has 0 amide bonds. The predicted molar refractivity (Wildman–Crippen MR) is 47.4 cm³/mol. The number of pyridine rings is 1. The van der Waals surface area contributed by atoms with Gasteiger partial charge < -0.3 is 10.8 Å². The molecule has 3 nitrogen and oxygen atoms in total. The highest BCUT2D eigenvalue weighted by Crippen LogP contribution is 2.14. The maximum Gasteiger partial charge on any atom is 0.141 e. The molecule has 0 saturated heterocycles. The minimum atomic E-state index is -0.814. The first kappa shape index (κ1) is 10.1. The second-order valence-corrected chi connectivity index (χ2v) is 2.92. The summed E-state index contributed by atoms with van der Waals surface area (Å²) in [4.78, 5) is 3.74. The van der Waals surface area contributed by atoms with E-state index in [2.05, 4.69) is 4.98 Å². The van der Waals surface area contributed by atoms with Crippen LogP contribution >= 0.6 is 0 Å². The van der Waals surface area contributed by atoms with Gasteiger partial charge in [-0.3, -0.25) is 4.98 Å². The predicted octanol–water partition coefficient (Wildman–Crippen LogP) is 0.991. The fourth-order valence-corrected chi connectivity index (χ4v) is 1.00. The van der Waals surface area contributed by atoms with Gasteiger partial charge in [-0.15, -0.1) is 0 Å². The van der Waals surface area contributed by atoms with Crippen LogP contribution in [0.4, 0.5) is 4.39 Å². The maximum atomic E-state index is 12.5. The Morgan fingerprint density at radius 2 is 2.31 bits per heavy atom. The van der Waals surface area contributed by atoms with Crippen molar-refractivity contribution in [1.29, 1.82) is 0 Å². The van der Waals surface area contributed by atoms with Crippen molar-refractivity contribution in [2.24, 2.45) is 5.73 Å². The fraction of sp³-hybridized carbons (Fsp3) is 0.444. The van der Waals surface area contributed by atoms with Gasteiger partial charge in [0.2, 0.25) is 0 Å². The van der Waals surface area contributed by atoms with E-state index in [0.717, 1.165) is 6.20 Å². The number of aliphatic hydroxyl groups excluding tert-OH is 1. The van der Waals surface area contributed by atoms with Crippen LogP contribution in [0.15, 0.2) is 18.3 Å². The number of halogens is 1. The number of nitrogens with two attached hydrogens (primary N) is 1. The highest BCUT2D eigenvalue weighted by molar-refractivity contribution is 5.09. The Morgan fingerprint density at radius 3 is 2.77 bits per heavy atom. The first-order valence-corrected chi connectivity index (χ1v) is 4.20. The van der Waals surface area contributed by atoms with Crippen molar-refractivity contribution < 1.29 is 9.50 Å². The van der Waals surface area contributed by atoms with Crippen LogP contribution in [0.3, 0.4) is 0 Å². The van der Waals surface area contributed by atoms with Crippen LogP contribution < -0.4 is 5.73 Å². The molecule has 72 valence electrons.